The molecule has 1 saturated carbocycles. The Morgan fingerprint density at radius 1 is 1.00 bits per heavy atom. The molecule has 0 radical (unpaired) electrons. The molecule has 2 aromatic carbocycles. The van der Waals surface area contributed by atoms with Crippen molar-refractivity contribution in [2.45, 2.75) is 80.1 Å². The SMILES string of the molecule is c1ccc([C@@H]2NCCC[C@@H]2NCc2cc(SC3CCCCC3)cc3c2OCC3)cc1. The van der Waals surface area contributed by atoms with Crippen molar-refractivity contribution in [3.05, 3.63) is 59.2 Å². The largest absolute Gasteiger partial charge is 0.493 e. The lowest BCUT2D eigenvalue weighted by atomic mass is 9.92. The molecule has 2 aromatic rings. The van der Waals surface area contributed by atoms with Gasteiger partial charge in [0.2, 0.25) is 0 Å². The highest BCUT2D eigenvalue weighted by atomic mass is 32.2. The van der Waals surface area contributed by atoms with Gasteiger partial charge in [0, 0.05) is 40.8 Å². The summed E-state index contributed by atoms with van der Waals surface area (Å²) in [6.07, 6.45) is 10.5. The van der Waals surface area contributed by atoms with Gasteiger partial charge in [-0.3, -0.25) is 0 Å². The van der Waals surface area contributed by atoms with Gasteiger partial charge in [-0.05, 0) is 55.5 Å². The van der Waals surface area contributed by atoms with Crippen LogP contribution in [0, 0.1) is 0 Å². The first-order valence-electron chi connectivity index (χ1n) is 11.8. The topological polar surface area (TPSA) is 33.3 Å². The van der Waals surface area contributed by atoms with Gasteiger partial charge in [0.15, 0.2) is 0 Å². The van der Waals surface area contributed by atoms with E-state index in [1.807, 2.05) is 0 Å². The van der Waals surface area contributed by atoms with Crippen LogP contribution in [0.4, 0.5) is 0 Å². The van der Waals surface area contributed by atoms with Crippen molar-refractivity contribution in [1.29, 1.82) is 0 Å². The summed E-state index contributed by atoms with van der Waals surface area (Å²) in [6, 6.07) is 16.5. The van der Waals surface area contributed by atoms with E-state index >= 15 is 0 Å². The van der Waals surface area contributed by atoms with E-state index < -0.39 is 0 Å². The number of hydrogen-bond acceptors (Lipinski definition) is 4. The highest BCUT2D eigenvalue weighted by Gasteiger charge is 2.27. The van der Waals surface area contributed by atoms with Gasteiger partial charge >= 0.3 is 0 Å². The minimum Gasteiger partial charge on any atom is -0.493 e. The number of ether oxygens (including phenoxy) is 1. The van der Waals surface area contributed by atoms with Crippen molar-refractivity contribution in [3.8, 4) is 5.75 Å². The Balaban J connectivity index is 1.31. The van der Waals surface area contributed by atoms with Crippen LogP contribution in [-0.2, 0) is 13.0 Å². The van der Waals surface area contributed by atoms with Crippen LogP contribution in [0.25, 0.3) is 0 Å². The maximum atomic E-state index is 6.06. The first-order valence-corrected chi connectivity index (χ1v) is 12.7. The van der Waals surface area contributed by atoms with E-state index in [2.05, 4.69) is 64.9 Å². The molecule has 2 atom stereocenters. The number of fused-ring (bicyclic) bond motifs is 1. The third-order valence-electron chi connectivity index (χ3n) is 6.86. The summed E-state index contributed by atoms with van der Waals surface area (Å²) in [5.41, 5.74) is 4.15. The molecular weight excluding hydrogens is 388 g/mol. The molecule has 2 fully saturated rings. The summed E-state index contributed by atoms with van der Waals surface area (Å²) < 4.78 is 6.06. The standard InChI is InChI=1S/C26H34N2OS/c1-3-8-19(9-4-1)25-24(12-7-14-27-25)28-18-21-17-23(16-20-13-15-29-26(20)21)30-22-10-5-2-6-11-22/h1,3-4,8-9,16-17,22,24-25,27-28H,2,5-7,10-15,18H2/t24-,25-/m0/s1. The van der Waals surface area contributed by atoms with E-state index in [1.165, 1.54) is 66.5 Å². The smallest absolute Gasteiger partial charge is 0.127 e. The average Bonchev–Trinajstić information content (AvgIpc) is 3.28. The normalized spacial score (nSPS) is 24.4. The highest BCUT2D eigenvalue weighted by Crippen LogP contribution is 2.39. The Bertz CT molecular complexity index is 834. The minimum absolute atomic E-state index is 0.383. The molecule has 160 valence electrons. The van der Waals surface area contributed by atoms with Gasteiger partial charge in [0.25, 0.3) is 0 Å². The van der Waals surface area contributed by atoms with Crippen LogP contribution in [0.15, 0.2) is 47.4 Å². The van der Waals surface area contributed by atoms with Gasteiger partial charge in [0.05, 0.1) is 6.61 Å². The van der Waals surface area contributed by atoms with E-state index in [0.717, 1.165) is 37.1 Å². The Morgan fingerprint density at radius 2 is 1.87 bits per heavy atom. The fourth-order valence-electron chi connectivity index (χ4n) is 5.29. The van der Waals surface area contributed by atoms with Crippen molar-refractivity contribution in [2.24, 2.45) is 0 Å². The van der Waals surface area contributed by atoms with E-state index in [9.17, 15) is 0 Å². The van der Waals surface area contributed by atoms with Crippen molar-refractivity contribution < 1.29 is 4.74 Å². The molecule has 0 bridgehead atoms. The van der Waals surface area contributed by atoms with Gasteiger partial charge in [-0.15, -0.1) is 11.8 Å². The van der Waals surface area contributed by atoms with E-state index in [-0.39, 0.29) is 0 Å². The summed E-state index contributed by atoms with van der Waals surface area (Å²) in [7, 11) is 0. The predicted octanol–water partition coefficient (Wildman–Crippen LogP) is 5.63. The molecule has 4 heteroatoms. The lowest BCUT2D eigenvalue weighted by Gasteiger charge is -2.34. The Labute approximate surface area is 185 Å². The molecule has 0 aromatic heterocycles. The molecule has 3 nitrogen and oxygen atoms in total. The van der Waals surface area contributed by atoms with E-state index in [4.69, 9.17) is 4.74 Å². The van der Waals surface area contributed by atoms with Crippen LogP contribution in [0.2, 0.25) is 0 Å². The first kappa shape index (κ1) is 20.4. The Hall–Kier alpha value is -1.49. The number of rotatable bonds is 6. The summed E-state index contributed by atoms with van der Waals surface area (Å²) in [6.45, 7) is 2.82. The number of thioether (sulfide) groups is 1. The first-order chi connectivity index (χ1) is 14.9. The monoisotopic (exact) mass is 422 g/mol. The third kappa shape index (κ3) is 4.71. The molecule has 5 rings (SSSR count). The van der Waals surface area contributed by atoms with Gasteiger partial charge in [-0.1, -0.05) is 49.6 Å². The zero-order valence-electron chi connectivity index (χ0n) is 17.9. The van der Waals surface area contributed by atoms with E-state index in [0.29, 0.717) is 12.1 Å². The fourth-order valence-corrected chi connectivity index (χ4v) is 6.67. The Morgan fingerprint density at radius 3 is 2.73 bits per heavy atom. The Kier molecular flexibility index (Phi) is 6.64. The van der Waals surface area contributed by atoms with Gasteiger partial charge in [-0.2, -0.15) is 0 Å². The fraction of sp³-hybridized carbons (Fsp3) is 0.538. The highest BCUT2D eigenvalue weighted by molar-refractivity contribution is 8.00. The minimum atomic E-state index is 0.383. The van der Waals surface area contributed by atoms with E-state index in [1.54, 1.807) is 0 Å². The molecule has 3 aliphatic rings. The van der Waals surface area contributed by atoms with Gasteiger partial charge in [0.1, 0.15) is 5.75 Å². The number of hydrogen-bond donors (Lipinski definition) is 2. The van der Waals surface area contributed by atoms with Crippen molar-refractivity contribution >= 4 is 11.8 Å². The maximum Gasteiger partial charge on any atom is 0.127 e. The molecule has 0 spiro atoms. The summed E-state index contributed by atoms with van der Waals surface area (Å²) in [4.78, 5) is 1.45. The summed E-state index contributed by atoms with van der Waals surface area (Å²) in [5.74, 6) is 1.15. The van der Waals surface area contributed by atoms with Crippen LogP contribution in [0.5, 0.6) is 5.75 Å². The van der Waals surface area contributed by atoms with Crippen molar-refractivity contribution in [3.63, 3.8) is 0 Å². The molecule has 2 N–H and O–H groups in total. The van der Waals surface area contributed by atoms with Crippen LogP contribution in [0.3, 0.4) is 0 Å². The molecular formula is C26H34N2OS. The van der Waals surface area contributed by atoms with Crippen LogP contribution in [0.1, 0.15) is 67.7 Å². The van der Waals surface area contributed by atoms with Crippen LogP contribution >= 0.6 is 11.8 Å². The molecule has 1 aliphatic carbocycles. The zero-order chi connectivity index (χ0) is 20.2. The second kappa shape index (κ2) is 9.76. The molecule has 2 aliphatic heterocycles. The molecule has 1 saturated heterocycles. The predicted molar refractivity (Wildman–Crippen MR) is 125 cm³/mol. The second-order valence-electron chi connectivity index (χ2n) is 9.02. The lowest BCUT2D eigenvalue weighted by molar-refractivity contribution is 0.301. The van der Waals surface area contributed by atoms with Crippen molar-refractivity contribution in [1.82, 2.24) is 10.6 Å². The number of nitrogens with one attached hydrogen (secondary N) is 2. The second-order valence-corrected chi connectivity index (χ2v) is 10.4. The van der Waals surface area contributed by atoms with Gasteiger partial charge in [-0.25, -0.2) is 0 Å². The molecule has 30 heavy (non-hydrogen) atoms. The van der Waals surface area contributed by atoms with Gasteiger partial charge < -0.3 is 15.4 Å². The quantitative estimate of drug-likeness (QED) is 0.632. The van der Waals surface area contributed by atoms with Crippen molar-refractivity contribution in [2.75, 3.05) is 13.2 Å². The lowest BCUT2D eigenvalue weighted by Crippen LogP contribution is -2.45. The molecule has 2 heterocycles. The summed E-state index contributed by atoms with van der Waals surface area (Å²) >= 11 is 2.11. The maximum absolute atomic E-state index is 6.06. The average molecular weight is 423 g/mol. The van der Waals surface area contributed by atoms with Crippen LogP contribution in [-0.4, -0.2) is 24.4 Å². The zero-order valence-corrected chi connectivity index (χ0v) is 18.7. The van der Waals surface area contributed by atoms with Crippen LogP contribution < -0.4 is 15.4 Å². The summed E-state index contributed by atoms with van der Waals surface area (Å²) in [5, 5.41) is 8.43. The molecule has 0 unspecified atom stereocenters. The number of piperidine rings is 1. The molecule has 0 amide bonds. The number of benzene rings is 2. The third-order valence-corrected chi connectivity index (χ3v) is 8.17.